The van der Waals surface area contributed by atoms with E-state index in [-0.39, 0.29) is 13.0 Å². The Morgan fingerprint density at radius 2 is 1.95 bits per heavy atom. The lowest BCUT2D eigenvalue weighted by molar-refractivity contribution is -0.158. The summed E-state index contributed by atoms with van der Waals surface area (Å²) in [5.74, 6) is -2.16. The van der Waals surface area contributed by atoms with Crippen molar-refractivity contribution in [1.29, 1.82) is 0 Å². The predicted octanol–water partition coefficient (Wildman–Crippen LogP) is 2.53. The molecule has 0 aromatic rings. The van der Waals surface area contributed by atoms with Crippen molar-refractivity contribution in [3.8, 4) is 0 Å². The number of aliphatic hydroxyl groups is 1. The number of carboxylic acids is 1. The lowest BCUT2D eigenvalue weighted by Crippen LogP contribution is -2.26. The molecule has 0 amide bonds. The highest BCUT2D eigenvalue weighted by molar-refractivity contribution is 5.79. The van der Waals surface area contributed by atoms with Crippen LogP contribution in [-0.4, -0.2) is 34.9 Å². The van der Waals surface area contributed by atoms with Crippen LogP contribution in [0.4, 0.5) is 0 Å². The number of esters is 1. The van der Waals surface area contributed by atoms with Crippen molar-refractivity contribution in [2.24, 2.45) is 5.92 Å². The van der Waals surface area contributed by atoms with Crippen LogP contribution in [0.2, 0.25) is 0 Å². The number of carbonyl (C=O) groups is 2. The normalized spacial score (nSPS) is 14.2. The van der Waals surface area contributed by atoms with Crippen LogP contribution in [0.5, 0.6) is 0 Å². The number of ether oxygens (including phenoxy) is 1. The maximum Gasteiger partial charge on any atom is 0.309 e. The molecule has 0 saturated heterocycles. The first-order valence-electron chi connectivity index (χ1n) is 7.19. The van der Waals surface area contributed by atoms with E-state index in [0.29, 0.717) is 6.42 Å². The van der Waals surface area contributed by atoms with E-state index in [0.717, 1.165) is 25.7 Å². The fraction of sp³-hybridized carbons (Fsp3) is 0.733. The molecule has 0 heterocycles. The molecule has 0 rings (SSSR count). The summed E-state index contributed by atoms with van der Waals surface area (Å²) < 4.78 is 4.99. The molecule has 0 aromatic heterocycles. The van der Waals surface area contributed by atoms with Crippen LogP contribution in [0.3, 0.4) is 0 Å². The minimum atomic E-state index is -1.01. The Labute approximate surface area is 120 Å². The van der Waals surface area contributed by atoms with Gasteiger partial charge in [-0.15, -0.1) is 0 Å². The lowest BCUT2D eigenvalue weighted by Gasteiger charge is -2.17. The molecule has 5 heteroatoms. The monoisotopic (exact) mass is 286 g/mol. The number of aliphatic hydroxyl groups excluding tert-OH is 1. The van der Waals surface area contributed by atoms with Gasteiger partial charge in [0.05, 0.1) is 18.9 Å². The molecule has 0 radical (unpaired) electrons. The quantitative estimate of drug-likeness (QED) is 0.346. The van der Waals surface area contributed by atoms with Gasteiger partial charge in [0.15, 0.2) is 0 Å². The van der Waals surface area contributed by atoms with Gasteiger partial charge in [-0.25, -0.2) is 0 Å². The zero-order valence-electron chi connectivity index (χ0n) is 12.4. The van der Waals surface area contributed by atoms with Crippen LogP contribution in [0.15, 0.2) is 12.2 Å². The van der Waals surface area contributed by atoms with E-state index in [4.69, 9.17) is 14.9 Å². The molecule has 0 saturated carbocycles. The average molecular weight is 286 g/mol. The second kappa shape index (κ2) is 11.5. The zero-order chi connectivity index (χ0) is 15.4. The van der Waals surface area contributed by atoms with Crippen molar-refractivity contribution in [1.82, 2.24) is 0 Å². The fourth-order valence-electron chi connectivity index (χ4n) is 1.78. The van der Waals surface area contributed by atoms with Gasteiger partial charge in [0.25, 0.3) is 0 Å². The van der Waals surface area contributed by atoms with Crippen molar-refractivity contribution >= 4 is 11.9 Å². The van der Waals surface area contributed by atoms with E-state index in [9.17, 15) is 9.59 Å². The first-order chi connectivity index (χ1) is 9.51. The zero-order valence-corrected chi connectivity index (χ0v) is 12.4. The predicted molar refractivity (Wildman–Crippen MR) is 76.3 cm³/mol. The summed E-state index contributed by atoms with van der Waals surface area (Å²) in [7, 11) is 0. The molecule has 2 N–H and O–H groups in total. The number of carboxylic acid groups (broad SMARTS) is 1. The van der Waals surface area contributed by atoms with Crippen LogP contribution < -0.4 is 0 Å². The van der Waals surface area contributed by atoms with E-state index in [1.807, 2.05) is 0 Å². The van der Waals surface area contributed by atoms with E-state index in [1.54, 1.807) is 6.92 Å². The van der Waals surface area contributed by atoms with E-state index >= 15 is 0 Å². The molecule has 2 atom stereocenters. The first kappa shape index (κ1) is 18.6. The Kier molecular flexibility index (Phi) is 10.7. The van der Waals surface area contributed by atoms with E-state index < -0.39 is 24.0 Å². The van der Waals surface area contributed by atoms with Gasteiger partial charge < -0.3 is 14.9 Å². The molecule has 0 aliphatic carbocycles. The second-order valence-corrected chi connectivity index (χ2v) is 4.89. The Morgan fingerprint density at radius 1 is 1.25 bits per heavy atom. The minimum Gasteiger partial charge on any atom is -0.481 e. The van der Waals surface area contributed by atoms with Crippen LogP contribution in [0.1, 0.15) is 52.4 Å². The van der Waals surface area contributed by atoms with Crippen LogP contribution in [-0.2, 0) is 14.3 Å². The highest BCUT2D eigenvalue weighted by Crippen LogP contribution is 2.17. The van der Waals surface area contributed by atoms with Gasteiger partial charge in [-0.2, -0.15) is 0 Å². The molecule has 0 bridgehead atoms. The molecule has 2 unspecified atom stereocenters. The van der Waals surface area contributed by atoms with Gasteiger partial charge in [-0.1, -0.05) is 25.5 Å². The maximum atomic E-state index is 11.8. The molecule has 0 aliphatic heterocycles. The minimum absolute atomic E-state index is 0.220. The topological polar surface area (TPSA) is 83.8 Å². The Morgan fingerprint density at radius 3 is 2.50 bits per heavy atom. The smallest absolute Gasteiger partial charge is 0.309 e. The number of rotatable bonds is 11. The number of carbonyl (C=O) groups excluding carboxylic acids is 1. The maximum absolute atomic E-state index is 11.8. The summed E-state index contributed by atoms with van der Waals surface area (Å²) in [6.45, 7) is 3.39. The summed E-state index contributed by atoms with van der Waals surface area (Å²) in [6.07, 6.45) is 7.54. The van der Waals surface area contributed by atoms with Crippen LogP contribution >= 0.6 is 0 Å². The Balaban J connectivity index is 4.17. The summed E-state index contributed by atoms with van der Waals surface area (Å²) >= 11 is 0. The summed E-state index contributed by atoms with van der Waals surface area (Å²) in [5.41, 5.74) is 0. The van der Waals surface area contributed by atoms with Gasteiger partial charge in [-0.05, 0) is 32.6 Å². The third-order valence-electron chi connectivity index (χ3n) is 2.90. The highest BCUT2D eigenvalue weighted by Gasteiger charge is 2.24. The first-order valence-corrected chi connectivity index (χ1v) is 7.19. The summed E-state index contributed by atoms with van der Waals surface area (Å²) in [5, 5.41) is 17.7. The van der Waals surface area contributed by atoms with Gasteiger partial charge >= 0.3 is 11.9 Å². The number of hydrogen-bond acceptors (Lipinski definition) is 4. The SMILES string of the molecule is CC/C=C/CCCCC(CC(=O)O)C(=O)OC(C)CO. The molecular formula is C15H26O5. The van der Waals surface area contributed by atoms with Crippen molar-refractivity contribution in [3.63, 3.8) is 0 Å². The summed E-state index contributed by atoms with van der Waals surface area (Å²) in [6, 6.07) is 0. The number of unbranched alkanes of at least 4 members (excludes halogenated alkanes) is 2. The number of allylic oxidation sites excluding steroid dienone is 2. The average Bonchev–Trinajstić information content (AvgIpc) is 2.40. The molecule has 0 fully saturated rings. The van der Waals surface area contributed by atoms with E-state index in [2.05, 4.69) is 19.1 Å². The molecular weight excluding hydrogens is 260 g/mol. The fourth-order valence-corrected chi connectivity index (χ4v) is 1.78. The molecule has 0 aromatic carbocycles. The Bertz CT molecular complexity index is 311. The van der Waals surface area contributed by atoms with Gasteiger partial charge in [-0.3, -0.25) is 9.59 Å². The standard InChI is InChI=1S/C15H26O5/c1-3-4-5-6-7-8-9-13(10-14(17)18)15(19)20-12(2)11-16/h4-5,12-13,16H,3,6-11H2,1-2H3,(H,17,18)/b5-4+. The van der Waals surface area contributed by atoms with Gasteiger partial charge in [0, 0.05) is 0 Å². The second-order valence-electron chi connectivity index (χ2n) is 4.89. The number of hydrogen-bond donors (Lipinski definition) is 2. The third kappa shape index (κ3) is 9.55. The Hall–Kier alpha value is -1.36. The lowest BCUT2D eigenvalue weighted by atomic mass is 9.97. The van der Waals surface area contributed by atoms with Crippen molar-refractivity contribution in [2.45, 2.75) is 58.5 Å². The van der Waals surface area contributed by atoms with Crippen LogP contribution in [0, 0.1) is 5.92 Å². The third-order valence-corrected chi connectivity index (χ3v) is 2.90. The van der Waals surface area contributed by atoms with Crippen molar-refractivity contribution < 1.29 is 24.5 Å². The van der Waals surface area contributed by atoms with Gasteiger partial charge in [0.1, 0.15) is 6.10 Å². The summed E-state index contributed by atoms with van der Waals surface area (Å²) in [4.78, 5) is 22.6. The van der Waals surface area contributed by atoms with E-state index in [1.165, 1.54) is 0 Å². The molecule has 5 nitrogen and oxygen atoms in total. The van der Waals surface area contributed by atoms with Crippen LogP contribution in [0.25, 0.3) is 0 Å². The van der Waals surface area contributed by atoms with Crippen molar-refractivity contribution in [3.05, 3.63) is 12.2 Å². The largest absolute Gasteiger partial charge is 0.481 e. The number of aliphatic carboxylic acids is 1. The highest BCUT2D eigenvalue weighted by atomic mass is 16.6. The van der Waals surface area contributed by atoms with Crippen molar-refractivity contribution in [2.75, 3.05) is 6.61 Å². The molecule has 116 valence electrons. The molecule has 0 aliphatic rings. The molecule has 0 spiro atoms. The van der Waals surface area contributed by atoms with Gasteiger partial charge in [0.2, 0.25) is 0 Å². The molecule has 20 heavy (non-hydrogen) atoms.